The topological polar surface area (TPSA) is 91.3 Å². The highest BCUT2D eigenvalue weighted by atomic mass is 16.7. The fourth-order valence-corrected chi connectivity index (χ4v) is 3.42. The van der Waals surface area contributed by atoms with E-state index in [1.807, 2.05) is 12.1 Å². The number of rotatable bonds is 11. The summed E-state index contributed by atoms with van der Waals surface area (Å²) in [6, 6.07) is 10.0. The largest absolute Gasteiger partial charge is 0.496 e. The number of methoxy groups -OCH3 is 1. The van der Waals surface area contributed by atoms with Crippen molar-refractivity contribution in [3.8, 4) is 17.2 Å². The van der Waals surface area contributed by atoms with Gasteiger partial charge in [0, 0.05) is 23.6 Å². The Morgan fingerprint density at radius 2 is 1.97 bits per heavy atom. The maximum absolute atomic E-state index is 12.6. The third-order valence-electron chi connectivity index (χ3n) is 5.09. The van der Waals surface area contributed by atoms with Gasteiger partial charge in [0.1, 0.15) is 17.2 Å². The Balaban J connectivity index is 1.76. The van der Waals surface area contributed by atoms with Gasteiger partial charge in [-0.2, -0.15) is 0 Å². The Bertz CT molecular complexity index is 1000. The lowest BCUT2D eigenvalue weighted by Gasteiger charge is -2.25. The van der Waals surface area contributed by atoms with Crippen molar-refractivity contribution in [2.75, 3.05) is 20.3 Å². The van der Waals surface area contributed by atoms with E-state index in [9.17, 15) is 9.59 Å². The van der Waals surface area contributed by atoms with Gasteiger partial charge in [0.15, 0.2) is 18.7 Å². The first-order valence-electron chi connectivity index (χ1n) is 10.8. The first-order chi connectivity index (χ1) is 16.0. The summed E-state index contributed by atoms with van der Waals surface area (Å²) in [6.45, 7) is 4.08. The number of hydrogen-bond donors (Lipinski definition) is 1. The summed E-state index contributed by atoms with van der Waals surface area (Å²) in [7, 11) is 1.57. The number of ether oxygens (including phenoxy) is 4. The van der Waals surface area contributed by atoms with Crippen molar-refractivity contribution in [3.63, 3.8) is 0 Å². The number of carbonyl (C=O) groups excluding carboxylic acids is 1. The minimum absolute atomic E-state index is 0.206. The predicted molar refractivity (Wildman–Crippen MR) is 124 cm³/mol. The molecule has 2 aromatic carbocycles. The second kappa shape index (κ2) is 11.9. The van der Waals surface area contributed by atoms with Crippen LogP contribution in [-0.2, 0) is 16.0 Å². The van der Waals surface area contributed by atoms with Crippen molar-refractivity contribution in [1.29, 1.82) is 0 Å². The maximum Gasteiger partial charge on any atom is 0.341 e. The lowest BCUT2D eigenvalue weighted by atomic mass is 10.0. The molecule has 1 fully saturated rings. The van der Waals surface area contributed by atoms with Gasteiger partial charge in [0.25, 0.3) is 0 Å². The van der Waals surface area contributed by atoms with Crippen LogP contribution in [0.4, 0.5) is 0 Å². The molecule has 1 saturated heterocycles. The summed E-state index contributed by atoms with van der Waals surface area (Å²) in [5.41, 5.74) is 2.11. The van der Waals surface area contributed by atoms with E-state index in [2.05, 4.69) is 6.58 Å². The lowest BCUT2D eigenvalue weighted by Crippen LogP contribution is -2.25. The quantitative estimate of drug-likeness (QED) is 0.300. The number of carbonyl (C=O) groups is 2. The van der Waals surface area contributed by atoms with Crippen LogP contribution in [0.15, 0.2) is 55.1 Å². The molecule has 33 heavy (non-hydrogen) atoms. The molecule has 1 aliphatic rings. The van der Waals surface area contributed by atoms with Crippen molar-refractivity contribution in [2.45, 2.75) is 32.0 Å². The Kier molecular flexibility index (Phi) is 8.66. The highest BCUT2D eigenvalue weighted by Gasteiger charge is 2.18. The van der Waals surface area contributed by atoms with Crippen LogP contribution in [0.2, 0.25) is 0 Å². The summed E-state index contributed by atoms with van der Waals surface area (Å²) in [4.78, 5) is 23.2. The average Bonchev–Trinajstić information content (AvgIpc) is 2.83. The van der Waals surface area contributed by atoms with Crippen LogP contribution in [-0.4, -0.2) is 43.5 Å². The van der Waals surface area contributed by atoms with Crippen LogP contribution in [0.25, 0.3) is 6.08 Å². The van der Waals surface area contributed by atoms with E-state index in [1.165, 1.54) is 6.08 Å². The Morgan fingerprint density at radius 1 is 1.18 bits per heavy atom. The van der Waals surface area contributed by atoms with Crippen molar-refractivity contribution in [1.82, 2.24) is 0 Å². The van der Waals surface area contributed by atoms with Crippen molar-refractivity contribution >= 4 is 17.8 Å². The molecule has 1 aliphatic heterocycles. The number of carboxylic acids is 1. The van der Waals surface area contributed by atoms with E-state index in [1.54, 1.807) is 43.5 Å². The van der Waals surface area contributed by atoms with Crippen LogP contribution in [0, 0.1) is 0 Å². The minimum atomic E-state index is -1.06. The molecule has 7 heteroatoms. The SMILES string of the molecule is C=CCc1cc(/C=C/C(=O)c2ccc(OCC(=O)O)cc2)c(OC)cc1OC1CCCCO1. The van der Waals surface area contributed by atoms with E-state index in [0.29, 0.717) is 35.8 Å². The molecular formula is C26H28O7. The molecule has 0 aromatic heterocycles. The molecule has 1 N–H and O–H groups in total. The molecular weight excluding hydrogens is 424 g/mol. The monoisotopic (exact) mass is 452 g/mol. The van der Waals surface area contributed by atoms with Crippen LogP contribution in [0.1, 0.15) is 40.7 Å². The van der Waals surface area contributed by atoms with Gasteiger partial charge in [0.2, 0.25) is 0 Å². The summed E-state index contributed by atoms with van der Waals surface area (Å²) in [5, 5.41) is 8.67. The molecule has 1 heterocycles. The summed E-state index contributed by atoms with van der Waals surface area (Å²) in [6.07, 6.45) is 8.22. The predicted octanol–water partition coefficient (Wildman–Crippen LogP) is 4.69. The molecule has 0 bridgehead atoms. The highest BCUT2D eigenvalue weighted by Crippen LogP contribution is 2.32. The van der Waals surface area contributed by atoms with Gasteiger partial charge in [-0.05, 0) is 67.3 Å². The average molecular weight is 453 g/mol. The number of allylic oxidation sites excluding steroid dienone is 2. The first-order valence-corrected chi connectivity index (χ1v) is 10.8. The second-order valence-electron chi connectivity index (χ2n) is 7.51. The standard InChI is InChI=1S/C26H28O7/c1-3-6-19-15-20(23(30-2)16-24(19)33-26-7-4-5-14-31-26)10-13-22(27)18-8-11-21(12-9-18)32-17-25(28)29/h3,8-13,15-16,26H,1,4-7,14,17H2,2H3,(H,28,29)/b13-10+. The molecule has 1 unspecified atom stereocenters. The molecule has 174 valence electrons. The number of hydrogen-bond acceptors (Lipinski definition) is 6. The van der Waals surface area contributed by atoms with E-state index in [-0.39, 0.29) is 12.1 Å². The van der Waals surface area contributed by atoms with Crippen molar-refractivity contribution < 1.29 is 33.6 Å². The van der Waals surface area contributed by atoms with Crippen LogP contribution in [0.5, 0.6) is 17.2 Å². The van der Waals surface area contributed by atoms with Crippen LogP contribution in [0.3, 0.4) is 0 Å². The third-order valence-corrected chi connectivity index (χ3v) is 5.09. The fourth-order valence-electron chi connectivity index (χ4n) is 3.42. The second-order valence-corrected chi connectivity index (χ2v) is 7.51. The summed E-state index contributed by atoms with van der Waals surface area (Å²) >= 11 is 0. The first kappa shape index (κ1) is 24.1. The Hall–Kier alpha value is -3.58. The van der Waals surface area contributed by atoms with Gasteiger partial charge in [-0.3, -0.25) is 4.79 Å². The van der Waals surface area contributed by atoms with Gasteiger partial charge in [-0.15, -0.1) is 6.58 Å². The molecule has 2 aromatic rings. The van der Waals surface area contributed by atoms with Gasteiger partial charge >= 0.3 is 5.97 Å². The van der Waals surface area contributed by atoms with E-state index >= 15 is 0 Å². The van der Waals surface area contributed by atoms with Gasteiger partial charge < -0.3 is 24.1 Å². The molecule has 7 nitrogen and oxygen atoms in total. The highest BCUT2D eigenvalue weighted by molar-refractivity contribution is 6.07. The molecule has 1 atom stereocenters. The van der Waals surface area contributed by atoms with E-state index in [0.717, 1.165) is 30.4 Å². The summed E-state index contributed by atoms with van der Waals surface area (Å²) < 4.78 is 22.4. The lowest BCUT2D eigenvalue weighted by molar-refractivity contribution is -0.139. The normalized spacial score (nSPS) is 15.7. The van der Waals surface area contributed by atoms with Gasteiger partial charge in [-0.25, -0.2) is 4.79 Å². The maximum atomic E-state index is 12.6. The smallest absolute Gasteiger partial charge is 0.341 e. The number of benzene rings is 2. The summed E-state index contributed by atoms with van der Waals surface area (Å²) in [5.74, 6) is 0.369. The number of carboxylic acid groups (broad SMARTS) is 1. The number of ketones is 1. The molecule has 0 aliphatic carbocycles. The van der Waals surface area contributed by atoms with Gasteiger partial charge in [-0.1, -0.05) is 6.08 Å². The molecule has 0 amide bonds. The molecule has 0 spiro atoms. The zero-order valence-electron chi connectivity index (χ0n) is 18.6. The van der Waals surface area contributed by atoms with E-state index in [4.69, 9.17) is 24.1 Å². The Morgan fingerprint density at radius 3 is 2.61 bits per heavy atom. The molecule has 0 saturated carbocycles. The fraction of sp³-hybridized carbons (Fsp3) is 0.308. The van der Waals surface area contributed by atoms with Crippen LogP contribution < -0.4 is 14.2 Å². The molecule has 0 radical (unpaired) electrons. The van der Waals surface area contributed by atoms with E-state index < -0.39 is 12.6 Å². The number of aliphatic carboxylic acids is 1. The van der Waals surface area contributed by atoms with Crippen molar-refractivity contribution in [3.05, 3.63) is 71.8 Å². The van der Waals surface area contributed by atoms with Crippen LogP contribution >= 0.6 is 0 Å². The minimum Gasteiger partial charge on any atom is -0.496 e. The Labute approximate surface area is 193 Å². The van der Waals surface area contributed by atoms with Crippen molar-refractivity contribution in [2.24, 2.45) is 0 Å². The zero-order valence-corrected chi connectivity index (χ0v) is 18.6. The molecule has 3 rings (SSSR count). The third kappa shape index (κ3) is 6.95. The zero-order chi connectivity index (χ0) is 23.6. The van der Waals surface area contributed by atoms with Gasteiger partial charge in [0.05, 0.1) is 13.7 Å².